The highest BCUT2D eigenvalue weighted by Gasteiger charge is 2.34. The van der Waals surface area contributed by atoms with E-state index in [-0.39, 0.29) is 17.4 Å². The molecule has 9 nitrogen and oxygen atoms in total. The minimum atomic E-state index is -0.392. The highest BCUT2D eigenvalue weighted by molar-refractivity contribution is 5.83. The predicted molar refractivity (Wildman–Crippen MR) is 155 cm³/mol. The highest BCUT2D eigenvalue weighted by Crippen LogP contribution is 2.34. The standard InChI is InChI=1S/C31H39N7O2/c1-4-5-11-23-20-38(29-24(21(2)3)12-7-6-8-15-28(29)39)31(40)37(23)19-22-16-17-27(32-18-22)25-13-9-10-14-26(25)30-33-35-36-34-30/h9-10,13-14,16-18,20-21,24,29H,4-8,11-12,15,19H2,1-3H3,(H,33,34,35,36). The number of tetrazole rings is 1. The van der Waals surface area contributed by atoms with Gasteiger partial charge < -0.3 is 0 Å². The smallest absolute Gasteiger partial charge is 0.297 e. The van der Waals surface area contributed by atoms with Crippen molar-refractivity contribution in [2.75, 3.05) is 0 Å². The molecule has 0 radical (unpaired) electrons. The molecule has 1 aliphatic carbocycles. The maximum Gasteiger partial charge on any atom is 0.329 e. The SMILES string of the molecule is CCCCc1cn(C2C(=O)CCCCCC2C(C)C)c(=O)n1Cc1ccc(-c2ccccc2-c2nn[nH]n2)nc1. The van der Waals surface area contributed by atoms with Crippen LogP contribution in [0, 0.1) is 11.8 Å². The Morgan fingerprint density at radius 1 is 1.05 bits per heavy atom. The van der Waals surface area contributed by atoms with Crippen molar-refractivity contribution in [1.29, 1.82) is 0 Å². The Morgan fingerprint density at radius 3 is 2.58 bits per heavy atom. The number of rotatable bonds is 9. The van der Waals surface area contributed by atoms with Crippen LogP contribution >= 0.6 is 0 Å². The van der Waals surface area contributed by atoms with Gasteiger partial charge in [0, 0.05) is 35.6 Å². The van der Waals surface area contributed by atoms with Gasteiger partial charge in [-0.25, -0.2) is 4.79 Å². The van der Waals surface area contributed by atoms with E-state index in [1.54, 1.807) is 4.57 Å². The van der Waals surface area contributed by atoms with Crippen LogP contribution in [0.25, 0.3) is 22.6 Å². The molecule has 0 saturated heterocycles. The van der Waals surface area contributed by atoms with E-state index in [9.17, 15) is 9.59 Å². The van der Waals surface area contributed by atoms with Gasteiger partial charge in [0.15, 0.2) is 5.78 Å². The lowest BCUT2D eigenvalue weighted by atomic mass is 9.79. The summed E-state index contributed by atoms with van der Waals surface area (Å²) in [5.74, 6) is 1.21. The summed E-state index contributed by atoms with van der Waals surface area (Å²) < 4.78 is 3.62. The number of hydrogen-bond donors (Lipinski definition) is 1. The number of nitrogens with one attached hydrogen (secondary N) is 1. The number of ketones is 1. The number of imidazole rings is 1. The van der Waals surface area contributed by atoms with E-state index in [0.29, 0.717) is 24.7 Å². The number of nitrogens with zero attached hydrogens (tertiary/aromatic N) is 6. The molecule has 3 heterocycles. The van der Waals surface area contributed by atoms with Crippen molar-refractivity contribution in [2.45, 2.75) is 84.7 Å². The van der Waals surface area contributed by atoms with Gasteiger partial charge in [0.05, 0.1) is 18.3 Å². The number of Topliss-reactive ketones (excluding diaryl/α,β-unsaturated/α-hetero) is 1. The average Bonchev–Trinajstić information content (AvgIpc) is 3.59. The Labute approximate surface area is 235 Å². The summed E-state index contributed by atoms with van der Waals surface area (Å²) in [7, 11) is 0. The number of hydrogen-bond acceptors (Lipinski definition) is 6. The summed E-state index contributed by atoms with van der Waals surface area (Å²) >= 11 is 0. The molecule has 0 bridgehead atoms. The van der Waals surface area contributed by atoms with Gasteiger partial charge >= 0.3 is 5.69 Å². The van der Waals surface area contributed by atoms with Gasteiger partial charge in [0.2, 0.25) is 5.82 Å². The van der Waals surface area contributed by atoms with Crippen molar-refractivity contribution in [3.8, 4) is 22.6 Å². The van der Waals surface area contributed by atoms with E-state index in [0.717, 1.165) is 73.0 Å². The van der Waals surface area contributed by atoms with Crippen molar-refractivity contribution in [1.82, 2.24) is 34.7 Å². The van der Waals surface area contributed by atoms with Crippen LogP contribution in [-0.4, -0.2) is 40.5 Å². The van der Waals surface area contributed by atoms with Crippen molar-refractivity contribution in [2.24, 2.45) is 11.8 Å². The van der Waals surface area contributed by atoms with Gasteiger partial charge in [0.25, 0.3) is 0 Å². The maximum absolute atomic E-state index is 14.0. The van der Waals surface area contributed by atoms with Crippen LogP contribution in [0.5, 0.6) is 0 Å². The second-order valence-corrected chi connectivity index (χ2v) is 11.3. The molecule has 1 N–H and O–H groups in total. The Hall–Kier alpha value is -3.88. The van der Waals surface area contributed by atoms with Gasteiger partial charge in [-0.05, 0) is 54.4 Å². The van der Waals surface area contributed by atoms with Gasteiger partial charge in [-0.3, -0.25) is 18.9 Å². The number of aryl methyl sites for hydroxylation is 1. The molecule has 0 aliphatic heterocycles. The first kappa shape index (κ1) is 27.7. The van der Waals surface area contributed by atoms with E-state index in [2.05, 4.69) is 41.4 Å². The van der Waals surface area contributed by atoms with E-state index in [1.165, 1.54) is 0 Å². The maximum atomic E-state index is 14.0. The predicted octanol–water partition coefficient (Wildman–Crippen LogP) is 5.63. The number of carbonyl (C=O) groups excluding carboxylic acids is 1. The normalized spacial score (nSPS) is 18.1. The number of carbonyl (C=O) groups is 1. The van der Waals surface area contributed by atoms with E-state index in [1.807, 2.05) is 53.4 Å². The van der Waals surface area contributed by atoms with Crippen LogP contribution in [0.1, 0.15) is 83.0 Å². The topological polar surface area (TPSA) is 111 Å². The molecule has 9 heteroatoms. The monoisotopic (exact) mass is 541 g/mol. The fourth-order valence-electron chi connectivity index (χ4n) is 5.97. The number of aromatic amines is 1. The van der Waals surface area contributed by atoms with Crippen LogP contribution in [0.15, 0.2) is 53.6 Å². The first-order chi connectivity index (χ1) is 19.5. The first-order valence-corrected chi connectivity index (χ1v) is 14.6. The quantitative estimate of drug-likeness (QED) is 0.294. The third-order valence-electron chi connectivity index (χ3n) is 8.18. The summed E-state index contributed by atoms with van der Waals surface area (Å²) in [6, 6.07) is 11.4. The molecule has 0 amide bonds. The molecule has 210 valence electrons. The van der Waals surface area contributed by atoms with Crippen LogP contribution in [0.3, 0.4) is 0 Å². The Kier molecular flexibility index (Phi) is 8.67. The molecule has 0 spiro atoms. The lowest BCUT2D eigenvalue weighted by Crippen LogP contribution is -2.38. The largest absolute Gasteiger partial charge is 0.329 e. The minimum absolute atomic E-state index is 0.0952. The van der Waals surface area contributed by atoms with Crippen molar-refractivity contribution in [3.63, 3.8) is 0 Å². The van der Waals surface area contributed by atoms with Gasteiger partial charge in [0.1, 0.15) is 0 Å². The molecule has 2 unspecified atom stereocenters. The van der Waals surface area contributed by atoms with Crippen molar-refractivity contribution >= 4 is 5.78 Å². The van der Waals surface area contributed by atoms with Crippen LogP contribution in [0.4, 0.5) is 0 Å². The van der Waals surface area contributed by atoms with Gasteiger partial charge in [-0.2, -0.15) is 5.21 Å². The Morgan fingerprint density at radius 2 is 1.88 bits per heavy atom. The van der Waals surface area contributed by atoms with Crippen LogP contribution in [-0.2, 0) is 17.8 Å². The zero-order valence-electron chi connectivity index (χ0n) is 23.7. The molecule has 4 aromatic rings. The summed E-state index contributed by atoms with van der Waals surface area (Å²) in [6.07, 6.45) is 11.3. The summed E-state index contributed by atoms with van der Waals surface area (Å²) in [4.78, 5) is 32.1. The molecule has 1 fully saturated rings. The molecular weight excluding hydrogens is 502 g/mol. The number of unbranched alkanes of at least 4 members (excludes halogenated alkanes) is 1. The second-order valence-electron chi connectivity index (χ2n) is 11.3. The number of aromatic nitrogens is 7. The summed E-state index contributed by atoms with van der Waals surface area (Å²) in [5.41, 5.74) is 4.36. The van der Waals surface area contributed by atoms with E-state index in [4.69, 9.17) is 4.98 Å². The number of pyridine rings is 1. The van der Waals surface area contributed by atoms with Crippen LogP contribution < -0.4 is 5.69 Å². The average molecular weight is 542 g/mol. The van der Waals surface area contributed by atoms with Crippen molar-refractivity contribution in [3.05, 3.63) is 70.5 Å². The first-order valence-electron chi connectivity index (χ1n) is 14.6. The second kappa shape index (κ2) is 12.5. The third kappa shape index (κ3) is 5.83. The Balaban J connectivity index is 1.47. The molecule has 1 aromatic carbocycles. The van der Waals surface area contributed by atoms with Gasteiger partial charge in [-0.15, -0.1) is 10.2 Å². The van der Waals surface area contributed by atoms with Crippen molar-refractivity contribution < 1.29 is 4.79 Å². The van der Waals surface area contributed by atoms with Crippen LogP contribution in [0.2, 0.25) is 0 Å². The number of benzene rings is 1. The fraction of sp³-hybridized carbons (Fsp3) is 0.484. The van der Waals surface area contributed by atoms with E-state index >= 15 is 0 Å². The minimum Gasteiger partial charge on any atom is -0.297 e. The molecule has 5 rings (SSSR count). The fourth-order valence-corrected chi connectivity index (χ4v) is 5.97. The zero-order valence-corrected chi connectivity index (χ0v) is 23.7. The molecule has 1 saturated carbocycles. The van der Waals surface area contributed by atoms with Gasteiger partial charge in [-0.1, -0.05) is 70.4 Å². The lowest BCUT2D eigenvalue weighted by Gasteiger charge is -2.31. The van der Waals surface area contributed by atoms with E-state index < -0.39 is 6.04 Å². The molecular formula is C31H39N7O2. The molecule has 40 heavy (non-hydrogen) atoms. The summed E-state index contributed by atoms with van der Waals surface area (Å²) in [6.45, 7) is 6.92. The summed E-state index contributed by atoms with van der Waals surface area (Å²) in [5, 5.41) is 14.4. The Bertz CT molecular complexity index is 1470. The third-order valence-corrected chi connectivity index (χ3v) is 8.18. The molecule has 3 aromatic heterocycles. The molecule has 1 aliphatic rings. The highest BCUT2D eigenvalue weighted by atomic mass is 16.2. The lowest BCUT2D eigenvalue weighted by molar-refractivity contribution is -0.125. The number of H-pyrrole nitrogens is 1. The molecule has 2 atom stereocenters. The zero-order chi connectivity index (χ0) is 28.1.